The fourth-order valence-corrected chi connectivity index (χ4v) is 3.29. The van der Waals surface area contributed by atoms with E-state index in [0.29, 0.717) is 17.5 Å². The Morgan fingerprint density at radius 3 is 2.18 bits per heavy atom. The van der Waals surface area contributed by atoms with Crippen molar-refractivity contribution in [3.63, 3.8) is 0 Å². The van der Waals surface area contributed by atoms with Crippen LogP contribution in [-0.4, -0.2) is 59.7 Å². The smallest absolute Gasteiger partial charge is 0.310 e. The van der Waals surface area contributed by atoms with Gasteiger partial charge < -0.3 is 9.64 Å². The van der Waals surface area contributed by atoms with Crippen LogP contribution in [0.5, 0.6) is 0 Å². The second-order valence-corrected chi connectivity index (χ2v) is 7.14. The van der Waals surface area contributed by atoms with Gasteiger partial charge in [0.15, 0.2) is 0 Å². The third-order valence-corrected chi connectivity index (χ3v) is 5.17. The van der Waals surface area contributed by atoms with Crippen LogP contribution >= 0.6 is 0 Å². The lowest BCUT2D eigenvalue weighted by Gasteiger charge is -2.30. The minimum Gasteiger partial charge on any atom is -0.469 e. The first-order valence-corrected chi connectivity index (χ1v) is 9.64. The number of methoxy groups -OCH3 is 1. The summed E-state index contributed by atoms with van der Waals surface area (Å²) in [5.74, 6) is -1.50. The molecule has 152 valence electrons. The summed E-state index contributed by atoms with van der Waals surface area (Å²) in [6, 6.07) is 6.71. The van der Waals surface area contributed by atoms with Gasteiger partial charge in [-0.25, -0.2) is 0 Å². The van der Waals surface area contributed by atoms with E-state index in [0.717, 1.165) is 6.42 Å². The summed E-state index contributed by atoms with van der Waals surface area (Å²) in [4.78, 5) is 52.1. The van der Waals surface area contributed by atoms with Gasteiger partial charge in [-0.05, 0) is 31.9 Å². The standard InChI is InChI=1S/C21H28N2O5/c1-5-15(3)23(13-14(2)21(27)28-4)18(24)11-8-12-22-19(25)16-9-6-7-10-17(16)20(22)26/h6-7,9-10,14-15H,5,8,11-13H2,1-4H3. The molecule has 2 unspecified atom stereocenters. The molecule has 2 rings (SSSR count). The van der Waals surface area contributed by atoms with E-state index < -0.39 is 5.92 Å². The summed E-state index contributed by atoms with van der Waals surface area (Å²) in [5.41, 5.74) is 0.818. The molecule has 0 saturated carbocycles. The number of ether oxygens (including phenoxy) is 1. The molecular formula is C21H28N2O5. The third-order valence-electron chi connectivity index (χ3n) is 5.17. The van der Waals surface area contributed by atoms with E-state index in [1.807, 2.05) is 13.8 Å². The molecule has 1 aliphatic heterocycles. The summed E-state index contributed by atoms with van der Waals surface area (Å²) < 4.78 is 4.75. The van der Waals surface area contributed by atoms with E-state index in [4.69, 9.17) is 4.74 Å². The van der Waals surface area contributed by atoms with Crippen molar-refractivity contribution in [3.05, 3.63) is 35.4 Å². The van der Waals surface area contributed by atoms with Crippen LogP contribution in [0.15, 0.2) is 24.3 Å². The van der Waals surface area contributed by atoms with Crippen molar-refractivity contribution in [2.45, 2.75) is 46.1 Å². The zero-order valence-corrected chi connectivity index (χ0v) is 16.9. The average molecular weight is 388 g/mol. The van der Waals surface area contributed by atoms with Gasteiger partial charge in [-0.2, -0.15) is 0 Å². The van der Waals surface area contributed by atoms with Crippen molar-refractivity contribution in [2.75, 3.05) is 20.2 Å². The highest BCUT2D eigenvalue weighted by Gasteiger charge is 2.34. The van der Waals surface area contributed by atoms with Crippen molar-refractivity contribution < 1.29 is 23.9 Å². The second kappa shape index (κ2) is 9.48. The first kappa shape index (κ1) is 21.6. The minimum atomic E-state index is -0.417. The number of carbonyl (C=O) groups is 4. The van der Waals surface area contributed by atoms with Crippen LogP contribution in [-0.2, 0) is 14.3 Å². The fraction of sp³-hybridized carbons (Fsp3) is 0.524. The lowest BCUT2D eigenvalue weighted by molar-refractivity contribution is -0.147. The molecule has 2 atom stereocenters. The summed E-state index contributed by atoms with van der Waals surface area (Å²) in [5, 5.41) is 0. The Morgan fingerprint density at radius 1 is 1.11 bits per heavy atom. The van der Waals surface area contributed by atoms with Crippen molar-refractivity contribution in [3.8, 4) is 0 Å². The van der Waals surface area contributed by atoms with E-state index >= 15 is 0 Å². The molecule has 0 N–H and O–H groups in total. The molecule has 1 heterocycles. The average Bonchev–Trinajstić information content (AvgIpc) is 2.95. The van der Waals surface area contributed by atoms with Gasteiger partial charge >= 0.3 is 5.97 Å². The molecule has 1 aromatic carbocycles. The van der Waals surface area contributed by atoms with Crippen LogP contribution in [0.4, 0.5) is 0 Å². The number of benzene rings is 1. The number of hydrogen-bond donors (Lipinski definition) is 0. The van der Waals surface area contributed by atoms with Gasteiger partial charge in [0.1, 0.15) is 0 Å². The first-order valence-electron chi connectivity index (χ1n) is 9.64. The predicted molar refractivity (Wildman–Crippen MR) is 104 cm³/mol. The number of carbonyl (C=O) groups excluding carboxylic acids is 4. The topological polar surface area (TPSA) is 84.0 Å². The van der Waals surface area contributed by atoms with Crippen LogP contribution in [0.25, 0.3) is 0 Å². The van der Waals surface area contributed by atoms with Crippen molar-refractivity contribution in [2.24, 2.45) is 5.92 Å². The number of fused-ring (bicyclic) bond motifs is 1. The molecule has 1 aromatic rings. The predicted octanol–water partition coefficient (Wildman–Crippen LogP) is 2.50. The molecule has 0 bridgehead atoms. The molecule has 0 aliphatic carbocycles. The maximum Gasteiger partial charge on any atom is 0.310 e. The SMILES string of the molecule is CCC(C)N(CC(C)C(=O)OC)C(=O)CCCN1C(=O)c2ccccc2C1=O. The van der Waals surface area contributed by atoms with Crippen LogP contribution < -0.4 is 0 Å². The van der Waals surface area contributed by atoms with E-state index in [-0.39, 0.29) is 49.2 Å². The first-order chi connectivity index (χ1) is 13.3. The number of amides is 3. The normalized spacial score (nSPS) is 15.2. The van der Waals surface area contributed by atoms with Crippen molar-refractivity contribution >= 4 is 23.7 Å². The van der Waals surface area contributed by atoms with Gasteiger partial charge in [0.25, 0.3) is 11.8 Å². The Bertz CT molecular complexity index is 726. The largest absolute Gasteiger partial charge is 0.469 e. The molecule has 3 amide bonds. The summed E-state index contributed by atoms with van der Waals surface area (Å²) in [6.45, 7) is 6.12. The van der Waals surface area contributed by atoms with Gasteiger partial charge in [-0.1, -0.05) is 26.0 Å². The molecule has 28 heavy (non-hydrogen) atoms. The molecular weight excluding hydrogens is 360 g/mol. The molecule has 0 aromatic heterocycles. The molecule has 0 saturated heterocycles. The van der Waals surface area contributed by atoms with Crippen LogP contribution in [0, 0.1) is 5.92 Å². The highest BCUT2D eigenvalue weighted by molar-refractivity contribution is 6.21. The molecule has 0 radical (unpaired) electrons. The lowest BCUT2D eigenvalue weighted by atomic mass is 10.1. The summed E-state index contributed by atoms with van der Waals surface area (Å²) >= 11 is 0. The van der Waals surface area contributed by atoms with Gasteiger partial charge in [-0.3, -0.25) is 24.1 Å². The number of esters is 1. The highest BCUT2D eigenvalue weighted by Crippen LogP contribution is 2.23. The van der Waals surface area contributed by atoms with E-state index in [1.54, 1.807) is 36.1 Å². The fourth-order valence-electron chi connectivity index (χ4n) is 3.29. The Kier molecular flexibility index (Phi) is 7.31. The van der Waals surface area contributed by atoms with Crippen molar-refractivity contribution in [1.82, 2.24) is 9.80 Å². The summed E-state index contributed by atoms with van der Waals surface area (Å²) in [7, 11) is 1.33. The second-order valence-electron chi connectivity index (χ2n) is 7.14. The number of rotatable bonds is 9. The Balaban J connectivity index is 1.95. The zero-order chi connectivity index (χ0) is 20.8. The van der Waals surface area contributed by atoms with Crippen LogP contribution in [0.3, 0.4) is 0 Å². The lowest BCUT2D eigenvalue weighted by Crippen LogP contribution is -2.43. The van der Waals surface area contributed by atoms with Gasteiger partial charge in [-0.15, -0.1) is 0 Å². The maximum atomic E-state index is 12.7. The van der Waals surface area contributed by atoms with E-state index in [2.05, 4.69) is 0 Å². The summed E-state index contributed by atoms with van der Waals surface area (Å²) in [6.07, 6.45) is 1.34. The number of imide groups is 1. The van der Waals surface area contributed by atoms with Gasteiger partial charge in [0.05, 0.1) is 24.2 Å². The third kappa shape index (κ3) is 4.58. The monoisotopic (exact) mass is 388 g/mol. The quantitative estimate of drug-likeness (QED) is 0.479. The number of hydrogen-bond acceptors (Lipinski definition) is 5. The Hall–Kier alpha value is -2.70. The number of nitrogens with zero attached hydrogens (tertiary/aromatic N) is 2. The molecule has 7 heteroatoms. The molecule has 0 fully saturated rings. The molecule has 7 nitrogen and oxygen atoms in total. The van der Waals surface area contributed by atoms with Gasteiger partial charge in [0.2, 0.25) is 5.91 Å². The van der Waals surface area contributed by atoms with E-state index in [1.165, 1.54) is 12.0 Å². The highest BCUT2D eigenvalue weighted by atomic mass is 16.5. The Morgan fingerprint density at radius 2 is 1.68 bits per heavy atom. The molecule has 0 spiro atoms. The minimum absolute atomic E-state index is 0.0149. The maximum absolute atomic E-state index is 12.7. The molecule has 1 aliphatic rings. The van der Waals surface area contributed by atoms with E-state index in [9.17, 15) is 19.2 Å². The Labute approximate surface area is 165 Å². The van der Waals surface area contributed by atoms with Gasteiger partial charge in [0, 0.05) is 25.6 Å². The van der Waals surface area contributed by atoms with Crippen molar-refractivity contribution in [1.29, 1.82) is 0 Å². The van der Waals surface area contributed by atoms with Crippen LogP contribution in [0.1, 0.15) is 60.7 Å². The zero-order valence-electron chi connectivity index (χ0n) is 16.9. The van der Waals surface area contributed by atoms with Crippen LogP contribution in [0.2, 0.25) is 0 Å².